The molecule has 0 aliphatic rings. The lowest BCUT2D eigenvalue weighted by Crippen LogP contribution is -2.15. The molecule has 7 heteroatoms. The van der Waals surface area contributed by atoms with E-state index in [0.29, 0.717) is 4.47 Å². The standard InChI is InChI=1S/C11H8BrFN4O/c12-6-3-7(10(14)16-4-6)11(18)17-9-1-2-15-5-8(9)13/h1-5H,(H2,14,16)(H,15,17,18). The first kappa shape index (κ1) is 12.4. The van der Waals surface area contributed by atoms with Gasteiger partial charge in [-0.05, 0) is 28.1 Å². The molecule has 1 amide bonds. The van der Waals surface area contributed by atoms with Crippen molar-refractivity contribution in [2.75, 3.05) is 11.1 Å². The smallest absolute Gasteiger partial charge is 0.259 e. The Labute approximate surface area is 110 Å². The van der Waals surface area contributed by atoms with E-state index in [1.807, 2.05) is 0 Å². The summed E-state index contributed by atoms with van der Waals surface area (Å²) in [5, 5.41) is 2.40. The van der Waals surface area contributed by atoms with Gasteiger partial charge in [0.05, 0.1) is 17.4 Å². The maximum Gasteiger partial charge on any atom is 0.259 e. The molecule has 0 unspecified atom stereocenters. The Morgan fingerprint density at radius 3 is 2.94 bits per heavy atom. The lowest BCUT2D eigenvalue weighted by molar-refractivity contribution is 0.102. The quantitative estimate of drug-likeness (QED) is 0.891. The van der Waals surface area contributed by atoms with Crippen molar-refractivity contribution >= 4 is 33.3 Å². The Kier molecular flexibility index (Phi) is 3.52. The third-order valence-corrected chi connectivity index (χ3v) is 2.58. The third kappa shape index (κ3) is 2.62. The molecule has 0 spiro atoms. The average molecular weight is 311 g/mol. The molecule has 0 atom stereocenters. The normalized spacial score (nSPS) is 10.1. The number of hydrogen-bond acceptors (Lipinski definition) is 4. The number of aromatic nitrogens is 2. The van der Waals surface area contributed by atoms with E-state index in [9.17, 15) is 9.18 Å². The van der Waals surface area contributed by atoms with Crippen molar-refractivity contribution < 1.29 is 9.18 Å². The summed E-state index contributed by atoms with van der Waals surface area (Å²) in [6, 6.07) is 2.87. The van der Waals surface area contributed by atoms with Crippen LogP contribution in [0.2, 0.25) is 0 Å². The van der Waals surface area contributed by atoms with Gasteiger partial charge in [0.1, 0.15) is 5.82 Å². The second-order valence-corrected chi connectivity index (χ2v) is 4.31. The van der Waals surface area contributed by atoms with Gasteiger partial charge in [-0.15, -0.1) is 0 Å². The second-order valence-electron chi connectivity index (χ2n) is 3.40. The van der Waals surface area contributed by atoms with Crippen LogP contribution in [0.15, 0.2) is 35.2 Å². The van der Waals surface area contributed by atoms with E-state index >= 15 is 0 Å². The summed E-state index contributed by atoms with van der Waals surface area (Å²) in [5.74, 6) is -1.08. The van der Waals surface area contributed by atoms with Crippen LogP contribution in [0, 0.1) is 5.82 Å². The van der Waals surface area contributed by atoms with Crippen molar-refractivity contribution in [2.45, 2.75) is 0 Å². The first-order valence-corrected chi connectivity index (χ1v) is 5.69. The summed E-state index contributed by atoms with van der Waals surface area (Å²) in [4.78, 5) is 19.3. The first-order valence-electron chi connectivity index (χ1n) is 4.90. The predicted molar refractivity (Wildman–Crippen MR) is 68.5 cm³/mol. The molecule has 0 bridgehead atoms. The fourth-order valence-electron chi connectivity index (χ4n) is 1.30. The van der Waals surface area contributed by atoms with Gasteiger partial charge < -0.3 is 11.1 Å². The number of anilines is 2. The van der Waals surface area contributed by atoms with E-state index in [2.05, 4.69) is 31.2 Å². The highest BCUT2D eigenvalue weighted by molar-refractivity contribution is 9.10. The minimum Gasteiger partial charge on any atom is -0.383 e. The van der Waals surface area contributed by atoms with Crippen molar-refractivity contribution in [1.29, 1.82) is 0 Å². The molecule has 3 N–H and O–H groups in total. The van der Waals surface area contributed by atoms with Gasteiger partial charge in [-0.25, -0.2) is 9.37 Å². The van der Waals surface area contributed by atoms with E-state index < -0.39 is 11.7 Å². The maximum atomic E-state index is 13.3. The summed E-state index contributed by atoms with van der Waals surface area (Å²) >= 11 is 3.18. The van der Waals surface area contributed by atoms with Crippen molar-refractivity contribution in [2.24, 2.45) is 0 Å². The van der Waals surface area contributed by atoms with Gasteiger partial charge in [-0.3, -0.25) is 9.78 Å². The van der Waals surface area contributed by atoms with Crippen LogP contribution in [0.5, 0.6) is 0 Å². The number of pyridine rings is 2. The molecule has 5 nitrogen and oxygen atoms in total. The van der Waals surface area contributed by atoms with Crippen LogP contribution in [0.4, 0.5) is 15.9 Å². The highest BCUT2D eigenvalue weighted by Crippen LogP contribution is 2.18. The maximum absolute atomic E-state index is 13.3. The number of nitrogens with two attached hydrogens (primary N) is 1. The van der Waals surface area contributed by atoms with Crippen LogP contribution >= 0.6 is 15.9 Å². The zero-order valence-electron chi connectivity index (χ0n) is 9.02. The molecule has 2 heterocycles. The van der Waals surface area contributed by atoms with E-state index in [-0.39, 0.29) is 17.1 Å². The zero-order chi connectivity index (χ0) is 13.1. The van der Waals surface area contributed by atoms with Crippen molar-refractivity contribution in [3.05, 3.63) is 46.6 Å². The van der Waals surface area contributed by atoms with Gasteiger partial charge in [-0.1, -0.05) is 0 Å². The third-order valence-electron chi connectivity index (χ3n) is 2.15. The van der Waals surface area contributed by atoms with Gasteiger partial charge in [0.25, 0.3) is 5.91 Å². The Morgan fingerprint density at radius 2 is 2.22 bits per heavy atom. The number of hydrogen-bond donors (Lipinski definition) is 2. The van der Waals surface area contributed by atoms with E-state index in [4.69, 9.17) is 5.73 Å². The number of carbonyl (C=O) groups excluding carboxylic acids is 1. The van der Waals surface area contributed by atoms with Crippen LogP contribution in [0.1, 0.15) is 10.4 Å². The van der Waals surface area contributed by atoms with Crippen LogP contribution in [-0.2, 0) is 0 Å². The summed E-state index contributed by atoms with van der Waals surface area (Å²) in [5.41, 5.74) is 5.79. The second kappa shape index (κ2) is 5.09. The van der Waals surface area contributed by atoms with Crippen LogP contribution in [0.25, 0.3) is 0 Å². The Bertz CT molecular complexity index is 605. The lowest BCUT2D eigenvalue weighted by Gasteiger charge is -2.07. The van der Waals surface area contributed by atoms with Gasteiger partial charge in [0, 0.05) is 16.9 Å². The van der Waals surface area contributed by atoms with Gasteiger partial charge >= 0.3 is 0 Å². The highest BCUT2D eigenvalue weighted by atomic mass is 79.9. The van der Waals surface area contributed by atoms with Crippen LogP contribution < -0.4 is 11.1 Å². The van der Waals surface area contributed by atoms with Gasteiger partial charge in [0.2, 0.25) is 0 Å². The summed E-state index contributed by atoms with van der Waals surface area (Å²) in [7, 11) is 0. The Hall–Kier alpha value is -2.02. The Morgan fingerprint density at radius 1 is 1.44 bits per heavy atom. The predicted octanol–water partition coefficient (Wildman–Crippen LogP) is 2.21. The fourth-order valence-corrected chi connectivity index (χ4v) is 1.63. The van der Waals surface area contributed by atoms with Crippen LogP contribution in [-0.4, -0.2) is 15.9 Å². The number of amides is 1. The Balaban J connectivity index is 2.28. The number of rotatable bonds is 2. The molecule has 18 heavy (non-hydrogen) atoms. The highest BCUT2D eigenvalue weighted by Gasteiger charge is 2.13. The average Bonchev–Trinajstić information content (AvgIpc) is 2.35. The molecule has 0 aliphatic heterocycles. The molecule has 0 aliphatic carbocycles. The van der Waals surface area contributed by atoms with Crippen molar-refractivity contribution in [3.8, 4) is 0 Å². The summed E-state index contributed by atoms with van der Waals surface area (Å²) < 4.78 is 13.9. The number of nitrogens with one attached hydrogen (secondary N) is 1. The summed E-state index contributed by atoms with van der Waals surface area (Å²) in [6.45, 7) is 0. The number of nitrogen functional groups attached to an aromatic ring is 1. The summed E-state index contributed by atoms with van der Waals surface area (Å²) in [6.07, 6.45) is 3.86. The number of halogens is 2. The minimum absolute atomic E-state index is 0.0365. The molecule has 0 aromatic carbocycles. The lowest BCUT2D eigenvalue weighted by atomic mass is 10.2. The fraction of sp³-hybridized carbons (Fsp3) is 0. The molecule has 92 valence electrons. The SMILES string of the molecule is Nc1ncc(Br)cc1C(=O)Nc1ccncc1F. The van der Waals surface area contributed by atoms with Crippen molar-refractivity contribution in [1.82, 2.24) is 9.97 Å². The van der Waals surface area contributed by atoms with Gasteiger partial charge in [0.15, 0.2) is 5.82 Å². The molecular formula is C11H8BrFN4O. The largest absolute Gasteiger partial charge is 0.383 e. The molecule has 2 aromatic heterocycles. The van der Waals surface area contributed by atoms with E-state index in [0.717, 1.165) is 6.20 Å². The molecule has 2 rings (SSSR count). The molecule has 0 fully saturated rings. The number of carbonyl (C=O) groups is 1. The van der Waals surface area contributed by atoms with Gasteiger partial charge in [-0.2, -0.15) is 0 Å². The monoisotopic (exact) mass is 310 g/mol. The van der Waals surface area contributed by atoms with Crippen molar-refractivity contribution in [3.63, 3.8) is 0 Å². The minimum atomic E-state index is -0.618. The number of nitrogens with zero attached hydrogens (tertiary/aromatic N) is 2. The van der Waals surface area contributed by atoms with E-state index in [1.54, 1.807) is 0 Å². The topological polar surface area (TPSA) is 80.9 Å². The molecule has 0 radical (unpaired) electrons. The molecular weight excluding hydrogens is 303 g/mol. The first-order chi connectivity index (χ1) is 8.58. The van der Waals surface area contributed by atoms with E-state index in [1.165, 1.54) is 24.5 Å². The molecule has 0 saturated heterocycles. The van der Waals surface area contributed by atoms with Crippen LogP contribution in [0.3, 0.4) is 0 Å². The molecule has 2 aromatic rings. The molecule has 0 saturated carbocycles. The zero-order valence-corrected chi connectivity index (χ0v) is 10.6.